The van der Waals surface area contributed by atoms with Crippen molar-refractivity contribution in [2.45, 2.75) is 12.5 Å². The van der Waals surface area contributed by atoms with E-state index < -0.39 is 23.4 Å². The van der Waals surface area contributed by atoms with E-state index in [4.69, 9.17) is 16.3 Å². The largest absolute Gasteiger partial charge is 0.496 e. The van der Waals surface area contributed by atoms with Crippen molar-refractivity contribution in [3.8, 4) is 11.4 Å². The van der Waals surface area contributed by atoms with Gasteiger partial charge in [0.25, 0.3) is 11.8 Å². The zero-order chi connectivity index (χ0) is 22.2. The summed E-state index contributed by atoms with van der Waals surface area (Å²) in [5.74, 6) is -0.536. The lowest BCUT2D eigenvalue weighted by atomic mass is 9.92. The molecule has 31 heavy (non-hydrogen) atoms. The van der Waals surface area contributed by atoms with Crippen LogP contribution in [-0.4, -0.2) is 29.5 Å². The zero-order valence-electron chi connectivity index (χ0n) is 16.7. The van der Waals surface area contributed by atoms with E-state index in [1.165, 1.54) is 7.11 Å². The number of benzene rings is 2. The Hall–Kier alpha value is -3.78. The molecule has 4 amide bonds. The summed E-state index contributed by atoms with van der Waals surface area (Å²) >= 11 is 6.42. The summed E-state index contributed by atoms with van der Waals surface area (Å²) in [5.41, 5.74) is 0.689. The molecule has 2 aromatic carbocycles. The molecular weight excluding hydrogens is 420 g/mol. The first-order valence-electron chi connectivity index (χ1n) is 9.38. The van der Waals surface area contributed by atoms with Gasteiger partial charge in [0.1, 0.15) is 11.3 Å². The van der Waals surface area contributed by atoms with Crippen LogP contribution in [0.2, 0.25) is 5.02 Å². The summed E-state index contributed by atoms with van der Waals surface area (Å²) in [6.45, 7) is 1.59. The molecule has 158 valence electrons. The van der Waals surface area contributed by atoms with Gasteiger partial charge in [-0.05, 0) is 42.8 Å². The summed E-state index contributed by atoms with van der Waals surface area (Å²) in [4.78, 5) is 36.7. The predicted octanol–water partition coefficient (Wildman–Crippen LogP) is 3.45. The molecular formula is C22H19ClN4O4. The van der Waals surface area contributed by atoms with Crippen LogP contribution in [0.1, 0.15) is 22.8 Å². The summed E-state index contributed by atoms with van der Waals surface area (Å²) in [6.07, 6.45) is 3.68. The fraction of sp³-hybridized carbons (Fsp3) is 0.136. The van der Waals surface area contributed by atoms with Crippen LogP contribution in [-0.2, 0) is 10.3 Å². The number of hydrogen-bond acceptors (Lipinski definition) is 4. The lowest BCUT2D eigenvalue weighted by Crippen LogP contribution is -2.40. The molecule has 3 N–H and O–H groups in total. The first-order chi connectivity index (χ1) is 14.8. The summed E-state index contributed by atoms with van der Waals surface area (Å²) in [6, 6.07) is 13.1. The Morgan fingerprint density at radius 3 is 2.52 bits per heavy atom. The normalized spacial score (nSPS) is 17.8. The SMILES string of the molecule is COc1cc(-n2cccc2)c(Cl)cc1C(=O)Nc1cccc(C2(C)NC(=O)NC2=O)c1. The Morgan fingerprint density at radius 2 is 1.87 bits per heavy atom. The molecule has 8 nitrogen and oxygen atoms in total. The van der Waals surface area contributed by atoms with Crippen LogP contribution < -0.4 is 20.7 Å². The number of hydrogen-bond donors (Lipinski definition) is 3. The molecule has 1 unspecified atom stereocenters. The van der Waals surface area contributed by atoms with Crippen LogP contribution in [0.5, 0.6) is 5.75 Å². The number of aromatic nitrogens is 1. The number of urea groups is 1. The van der Waals surface area contributed by atoms with Crippen molar-refractivity contribution in [3.05, 3.63) is 77.1 Å². The first-order valence-corrected chi connectivity index (χ1v) is 9.76. The molecule has 1 aromatic heterocycles. The van der Waals surface area contributed by atoms with Crippen LogP contribution in [0.3, 0.4) is 0 Å². The van der Waals surface area contributed by atoms with Crippen LogP contribution >= 0.6 is 11.6 Å². The highest BCUT2D eigenvalue weighted by atomic mass is 35.5. The Kier molecular flexibility index (Phi) is 5.16. The van der Waals surface area contributed by atoms with E-state index in [-0.39, 0.29) is 5.56 Å². The highest BCUT2D eigenvalue weighted by Crippen LogP contribution is 2.31. The van der Waals surface area contributed by atoms with E-state index in [0.717, 1.165) is 0 Å². The molecule has 1 aliphatic rings. The summed E-state index contributed by atoms with van der Waals surface area (Å²) in [5, 5.41) is 8.00. The highest BCUT2D eigenvalue weighted by molar-refractivity contribution is 6.33. The van der Waals surface area contributed by atoms with E-state index in [1.807, 2.05) is 29.1 Å². The molecule has 0 radical (unpaired) electrons. The monoisotopic (exact) mass is 438 g/mol. The Morgan fingerprint density at radius 1 is 1.13 bits per heavy atom. The van der Waals surface area contributed by atoms with Gasteiger partial charge in [-0.25, -0.2) is 4.79 Å². The number of ether oxygens (including phenoxy) is 1. The molecule has 0 aliphatic carbocycles. The number of nitrogens with one attached hydrogen (secondary N) is 3. The average molecular weight is 439 g/mol. The molecule has 1 atom stereocenters. The molecule has 0 bridgehead atoms. The van der Waals surface area contributed by atoms with E-state index in [2.05, 4.69) is 16.0 Å². The van der Waals surface area contributed by atoms with Gasteiger partial charge in [-0.3, -0.25) is 14.9 Å². The van der Waals surface area contributed by atoms with Gasteiger partial charge in [-0.2, -0.15) is 0 Å². The fourth-order valence-electron chi connectivity index (χ4n) is 3.43. The van der Waals surface area contributed by atoms with Crippen LogP contribution in [0.25, 0.3) is 5.69 Å². The zero-order valence-corrected chi connectivity index (χ0v) is 17.5. The standard InChI is InChI=1S/C22H19ClN4O4/c1-22(20(29)25-21(30)26-22)13-6-5-7-14(10-13)24-19(28)15-11-16(23)17(12-18(15)31-2)27-8-3-4-9-27/h3-12H,1-2H3,(H,24,28)(H2,25,26,29,30). The van der Waals surface area contributed by atoms with Crippen molar-refractivity contribution >= 4 is 35.1 Å². The minimum atomic E-state index is -1.22. The van der Waals surface area contributed by atoms with Crippen molar-refractivity contribution in [1.82, 2.24) is 15.2 Å². The number of anilines is 1. The van der Waals surface area contributed by atoms with Crippen molar-refractivity contribution in [2.24, 2.45) is 0 Å². The van der Waals surface area contributed by atoms with Gasteiger partial charge in [0, 0.05) is 24.1 Å². The highest BCUT2D eigenvalue weighted by Gasteiger charge is 2.43. The maximum Gasteiger partial charge on any atom is 0.322 e. The van der Waals surface area contributed by atoms with Crippen LogP contribution in [0, 0.1) is 0 Å². The number of methoxy groups -OCH3 is 1. The topological polar surface area (TPSA) is 101 Å². The maximum absolute atomic E-state index is 13.0. The van der Waals surface area contributed by atoms with Gasteiger partial charge >= 0.3 is 6.03 Å². The summed E-state index contributed by atoms with van der Waals surface area (Å²) in [7, 11) is 1.47. The minimum Gasteiger partial charge on any atom is -0.496 e. The van der Waals surface area contributed by atoms with Gasteiger partial charge in [-0.15, -0.1) is 0 Å². The van der Waals surface area contributed by atoms with Gasteiger partial charge in [0.2, 0.25) is 0 Å². The summed E-state index contributed by atoms with van der Waals surface area (Å²) < 4.78 is 7.23. The van der Waals surface area contributed by atoms with Gasteiger partial charge in [0.15, 0.2) is 0 Å². The molecule has 1 aliphatic heterocycles. The number of halogens is 1. The number of amides is 4. The van der Waals surface area contributed by atoms with Crippen molar-refractivity contribution < 1.29 is 19.1 Å². The van der Waals surface area contributed by atoms with E-state index in [1.54, 1.807) is 43.3 Å². The van der Waals surface area contributed by atoms with E-state index >= 15 is 0 Å². The molecule has 1 saturated heterocycles. The van der Waals surface area contributed by atoms with Crippen molar-refractivity contribution in [2.75, 3.05) is 12.4 Å². The van der Waals surface area contributed by atoms with Crippen LogP contribution in [0.15, 0.2) is 60.9 Å². The minimum absolute atomic E-state index is 0.256. The van der Waals surface area contributed by atoms with E-state index in [9.17, 15) is 14.4 Å². The molecule has 2 heterocycles. The molecule has 3 aromatic rings. The molecule has 9 heteroatoms. The quantitative estimate of drug-likeness (QED) is 0.531. The number of rotatable bonds is 5. The predicted molar refractivity (Wildman–Crippen MR) is 116 cm³/mol. The van der Waals surface area contributed by atoms with Crippen molar-refractivity contribution in [3.63, 3.8) is 0 Å². The van der Waals surface area contributed by atoms with Crippen LogP contribution in [0.4, 0.5) is 10.5 Å². The Labute approximate surface area is 183 Å². The van der Waals surface area contributed by atoms with Gasteiger partial charge in [0.05, 0.1) is 23.4 Å². The lowest BCUT2D eigenvalue weighted by molar-refractivity contribution is -0.123. The average Bonchev–Trinajstić information content (AvgIpc) is 3.36. The third-order valence-electron chi connectivity index (χ3n) is 5.14. The molecule has 4 rings (SSSR count). The molecule has 0 spiro atoms. The third-order valence-corrected chi connectivity index (χ3v) is 5.44. The second kappa shape index (κ2) is 7.81. The number of carbonyl (C=O) groups is 3. The molecule has 0 saturated carbocycles. The smallest absolute Gasteiger partial charge is 0.322 e. The Balaban J connectivity index is 1.63. The number of carbonyl (C=O) groups excluding carboxylic acids is 3. The second-order valence-electron chi connectivity index (χ2n) is 7.16. The molecule has 1 fully saturated rings. The number of nitrogens with zero attached hydrogens (tertiary/aromatic N) is 1. The Bertz CT molecular complexity index is 1190. The van der Waals surface area contributed by atoms with Gasteiger partial charge in [-0.1, -0.05) is 23.7 Å². The number of imide groups is 1. The lowest BCUT2D eigenvalue weighted by Gasteiger charge is -2.22. The fourth-order valence-corrected chi connectivity index (χ4v) is 3.70. The third kappa shape index (κ3) is 3.73. The van der Waals surface area contributed by atoms with Gasteiger partial charge < -0.3 is 19.9 Å². The van der Waals surface area contributed by atoms with E-state index in [0.29, 0.717) is 27.7 Å². The maximum atomic E-state index is 13.0. The van der Waals surface area contributed by atoms with Crippen molar-refractivity contribution in [1.29, 1.82) is 0 Å². The first kappa shape index (κ1) is 20.5. The second-order valence-corrected chi connectivity index (χ2v) is 7.57.